The van der Waals surface area contributed by atoms with Crippen molar-refractivity contribution in [2.75, 3.05) is 6.54 Å². The van der Waals surface area contributed by atoms with Crippen molar-refractivity contribution in [2.24, 2.45) is 0 Å². The summed E-state index contributed by atoms with van der Waals surface area (Å²) >= 11 is 0. The van der Waals surface area contributed by atoms with Crippen LogP contribution < -0.4 is 10.8 Å². The first kappa shape index (κ1) is 15.5. The fraction of sp³-hybridized carbons (Fsp3) is 0.250. The van der Waals surface area contributed by atoms with Crippen LogP contribution in [0.5, 0.6) is 0 Å². The number of nitrogens with one attached hydrogen (secondary N) is 3. The van der Waals surface area contributed by atoms with Crippen molar-refractivity contribution in [3.63, 3.8) is 0 Å². The maximum atomic E-state index is 14.8. The van der Waals surface area contributed by atoms with Crippen LogP contribution in [0.3, 0.4) is 0 Å². The van der Waals surface area contributed by atoms with E-state index in [9.17, 15) is 9.18 Å². The molecule has 0 spiro atoms. The Kier molecular flexibility index (Phi) is 3.55. The summed E-state index contributed by atoms with van der Waals surface area (Å²) in [7, 11) is 0. The number of aromatic nitrogens is 1. The zero-order chi connectivity index (χ0) is 17.7. The third-order valence-corrected chi connectivity index (χ3v) is 5.28. The first-order chi connectivity index (χ1) is 12.7. The molecule has 1 aromatic heterocycles. The quantitative estimate of drug-likeness (QED) is 0.661. The summed E-state index contributed by atoms with van der Waals surface area (Å²) in [5.74, 6) is -0.481. The number of halogens is 1. The molecule has 1 amide bonds. The molecule has 1 unspecified atom stereocenters. The number of H-pyrrole nitrogens is 1. The number of amides is 1. The van der Waals surface area contributed by atoms with Gasteiger partial charge in [0.1, 0.15) is 12.4 Å². The Morgan fingerprint density at radius 2 is 2.12 bits per heavy atom. The van der Waals surface area contributed by atoms with Crippen LogP contribution in [-0.2, 0) is 11.4 Å². The molecule has 6 heteroatoms. The van der Waals surface area contributed by atoms with Crippen LogP contribution in [0.2, 0.25) is 0 Å². The van der Waals surface area contributed by atoms with E-state index in [0.29, 0.717) is 11.1 Å². The van der Waals surface area contributed by atoms with Gasteiger partial charge in [0, 0.05) is 33.6 Å². The SMILES string of the molecule is O=C1NOCc2c(-c3ccc(C4CCCN4)c(F)c3)[nH]c3cccc1c23. The minimum absolute atomic E-state index is 0.0880. The molecule has 0 saturated carbocycles. The molecule has 3 aromatic rings. The maximum absolute atomic E-state index is 14.8. The minimum Gasteiger partial charge on any atom is -0.354 e. The third kappa shape index (κ3) is 2.34. The Morgan fingerprint density at radius 1 is 1.19 bits per heavy atom. The summed E-state index contributed by atoms with van der Waals surface area (Å²) in [5, 5.41) is 4.17. The highest BCUT2D eigenvalue weighted by molar-refractivity contribution is 6.09. The van der Waals surface area contributed by atoms with Gasteiger partial charge in [0.2, 0.25) is 0 Å². The van der Waals surface area contributed by atoms with E-state index in [0.717, 1.165) is 47.1 Å². The van der Waals surface area contributed by atoms with E-state index in [-0.39, 0.29) is 24.4 Å². The van der Waals surface area contributed by atoms with E-state index in [1.54, 1.807) is 12.1 Å². The fourth-order valence-electron chi connectivity index (χ4n) is 4.04. The highest BCUT2D eigenvalue weighted by atomic mass is 19.1. The Balaban J connectivity index is 1.65. The molecule has 0 aliphatic carbocycles. The molecule has 5 rings (SSSR count). The topological polar surface area (TPSA) is 66.2 Å². The van der Waals surface area contributed by atoms with E-state index < -0.39 is 0 Å². The summed E-state index contributed by atoms with van der Waals surface area (Å²) in [6.45, 7) is 1.16. The summed E-state index contributed by atoms with van der Waals surface area (Å²) < 4.78 is 14.8. The van der Waals surface area contributed by atoms with Crippen LogP contribution in [-0.4, -0.2) is 17.4 Å². The number of rotatable bonds is 2. The van der Waals surface area contributed by atoms with Gasteiger partial charge in [0.05, 0.1) is 11.3 Å². The lowest BCUT2D eigenvalue weighted by Crippen LogP contribution is -2.21. The summed E-state index contributed by atoms with van der Waals surface area (Å²) in [5.41, 5.74) is 6.95. The molecule has 2 aromatic carbocycles. The molecule has 1 saturated heterocycles. The average Bonchev–Trinajstić information content (AvgIpc) is 3.26. The van der Waals surface area contributed by atoms with E-state index in [2.05, 4.69) is 15.8 Å². The van der Waals surface area contributed by atoms with E-state index in [4.69, 9.17) is 4.84 Å². The zero-order valence-electron chi connectivity index (χ0n) is 14.1. The van der Waals surface area contributed by atoms with Crippen molar-refractivity contribution in [2.45, 2.75) is 25.5 Å². The van der Waals surface area contributed by atoms with E-state index >= 15 is 0 Å². The number of carbonyl (C=O) groups is 1. The van der Waals surface area contributed by atoms with Gasteiger partial charge in [-0.05, 0) is 37.6 Å². The number of hydrogen-bond acceptors (Lipinski definition) is 3. The van der Waals surface area contributed by atoms with Gasteiger partial charge in [-0.1, -0.05) is 18.2 Å². The lowest BCUT2D eigenvalue weighted by molar-refractivity contribution is 0.0256. The Hall–Kier alpha value is -2.70. The van der Waals surface area contributed by atoms with Gasteiger partial charge in [-0.15, -0.1) is 0 Å². The van der Waals surface area contributed by atoms with Crippen molar-refractivity contribution in [1.82, 2.24) is 15.8 Å². The van der Waals surface area contributed by atoms with Crippen molar-refractivity contribution < 1.29 is 14.0 Å². The van der Waals surface area contributed by atoms with Crippen molar-refractivity contribution in [1.29, 1.82) is 0 Å². The Bertz CT molecular complexity index is 1020. The highest BCUT2D eigenvalue weighted by Crippen LogP contribution is 2.36. The van der Waals surface area contributed by atoms with Gasteiger partial charge in [0.25, 0.3) is 5.91 Å². The van der Waals surface area contributed by atoms with Crippen molar-refractivity contribution >= 4 is 16.8 Å². The first-order valence-electron chi connectivity index (χ1n) is 8.81. The van der Waals surface area contributed by atoms with E-state index in [1.807, 2.05) is 24.3 Å². The summed E-state index contributed by atoms with van der Waals surface area (Å²) in [6.07, 6.45) is 2.03. The molecule has 26 heavy (non-hydrogen) atoms. The third-order valence-electron chi connectivity index (χ3n) is 5.28. The Morgan fingerprint density at radius 3 is 2.92 bits per heavy atom. The van der Waals surface area contributed by atoms with Crippen molar-refractivity contribution in [3.05, 3.63) is 58.9 Å². The second kappa shape index (κ2) is 5.93. The summed E-state index contributed by atoms with van der Waals surface area (Å²) in [6, 6.07) is 10.9. The Labute approximate surface area is 149 Å². The largest absolute Gasteiger partial charge is 0.354 e. The zero-order valence-corrected chi connectivity index (χ0v) is 14.1. The molecule has 3 heterocycles. The molecule has 2 aliphatic heterocycles. The smallest absolute Gasteiger partial charge is 0.275 e. The van der Waals surface area contributed by atoms with Crippen LogP contribution in [0.1, 0.15) is 40.4 Å². The molecule has 1 fully saturated rings. The first-order valence-corrected chi connectivity index (χ1v) is 8.81. The van der Waals surface area contributed by atoms with Gasteiger partial charge in [0.15, 0.2) is 0 Å². The van der Waals surface area contributed by atoms with Crippen LogP contribution in [0.4, 0.5) is 4.39 Å². The van der Waals surface area contributed by atoms with Gasteiger partial charge in [-0.3, -0.25) is 9.63 Å². The van der Waals surface area contributed by atoms with Gasteiger partial charge >= 0.3 is 0 Å². The van der Waals surface area contributed by atoms with Crippen LogP contribution in [0, 0.1) is 5.82 Å². The van der Waals surface area contributed by atoms with Crippen LogP contribution in [0.25, 0.3) is 22.2 Å². The number of carbonyl (C=O) groups excluding carboxylic acids is 1. The molecule has 2 aliphatic rings. The summed E-state index contributed by atoms with van der Waals surface area (Å²) in [4.78, 5) is 20.8. The number of hydrogen-bond donors (Lipinski definition) is 3. The van der Waals surface area contributed by atoms with Crippen molar-refractivity contribution in [3.8, 4) is 11.3 Å². The van der Waals surface area contributed by atoms with Crippen LogP contribution in [0.15, 0.2) is 36.4 Å². The molecule has 0 bridgehead atoms. The standard InChI is InChI=1S/C20H18FN3O2/c21-15-9-11(6-7-12(15)16-5-2-8-22-16)19-14-10-26-24-20(25)13-3-1-4-17(23-19)18(13)14/h1,3-4,6-7,9,16,22-23H,2,5,8,10H2,(H,24,25). The lowest BCUT2D eigenvalue weighted by atomic mass is 9.99. The lowest BCUT2D eigenvalue weighted by Gasteiger charge is -2.13. The maximum Gasteiger partial charge on any atom is 0.275 e. The highest BCUT2D eigenvalue weighted by Gasteiger charge is 2.24. The predicted molar refractivity (Wildman–Crippen MR) is 95.9 cm³/mol. The fourth-order valence-corrected chi connectivity index (χ4v) is 4.04. The number of aromatic amines is 1. The van der Waals surface area contributed by atoms with E-state index in [1.165, 1.54) is 0 Å². The molecule has 5 nitrogen and oxygen atoms in total. The van der Waals surface area contributed by atoms with Gasteiger partial charge in [-0.2, -0.15) is 0 Å². The molecule has 132 valence electrons. The molecule has 3 N–H and O–H groups in total. The second-order valence-electron chi connectivity index (χ2n) is 6.81. The average molecular weight is 351 g/mol. The molecular weight excluding hydrogens is 333 g/mol. The molecular formula is C20H18FN3O2. The number of benzene rings is 2. The van der Waals surface area contributed by atoms with Gasteiger partial charge in [-0.25, -0.2) is 9.87 Å². The number of hydroxylamine groups is 1. The monoisotopic (exact) mass is 351 g/mol. The minimum atomic E-state index is -0.270. The predicted octanol–water partition coefficient (Wildman–Crippen LogP) is 3.57. The second-order valence-corrected chi connectivity index (χ2v) is 6.81. The molecule has 1 atom stereocenters. The molecule has 0 radical (unpaired) electrons. The van der Waals surface area contributed by atoms with Gasteiger partial charge < -0.3 is 10.3 Å². The van der Waals surface area contributed by atoms with Crippen LogP contribution >= 0.6 is 0 Å². The normalized spacial score (nSPS) is 19.6.